The van der Waals surface area contributed by atoms with Crippen LogP contribution in [0.5, 0.6) is 0 Å². The standard InChI is InChI=1S/C33H59NO2/c1-6-7-8-9-10-11-12-13-14-15-16-17-18-19-26-32(28-35)34-33(36)27-31(5)25-21-24-30(4)23-20-22-29(2)3/h18-19,22,24,27,32,35H,6-17,20-21,23,25-26,28H2,1-5H3,(H,34,36)/b19-18+,30-24+,31-27+. The van der Waals surface area contributed by atoms with Crippen LogP contribution in [0.15, 0.2) is 47.1 Å². The Bertz CT molecular complexity index is 653. The Hall–Kier alpha value is -1.61. The Labute approximate surface area is 224 Å². The van der Waals surface area contributed by atoms with Gasteiger partial charge in [0, 0.05) is 6.08 Å². The molecular formula is C33H59NO2. The van der Waals surface area contributed by atoms with Gasteiger partial charge in [-0.15, -0.1) is 0 Å². The van der Waals surface area contributed by atoms with Crippen LogP contribution in [0.4, 0.5) is 0 Å². The van der Waals surface area contributed by atoms with Gasteiger partial charge in [0.25, 0.3) is 0 Å². The highest BCUT2D eigenvalue weighted by Crippen LogP contribution is 2.13. The lowest BCUT2D eigenvalue weighted by atomic mass is 10.1. The molecule has 0 bridgehead atoms. The number of allylic oxidation sites excluding steroid dienone is 6. The molecular weight excluding hydrogens is 442 g/mol. The number of aliphatic hydroxyl groups is 1. The van der Waals surface area contributed by atoms with Crippen molar-refractivity contribution in [2.75, 3.05) is 6.61 Å². The van der Waals surface area contributed by atoms with Crippen LogP contribution in [0.2, 0.25) is 0 Å². The second-order valence-corrected chi connectivity index (χ2v) is 10.8. The van der Waals surface area contributed by atoms with E-state index in [1.165, 1.54) is 81.8 Å². The lowest BCUT2D eigenvalue weighted by molar-refractivity contribution is -0.117. The molecule has 0 aromatic carbocycles. The van der Waals surface area contributed by atoms with E-state index in [-0.39, 0.29) is 18.6 Å². The third-order valence-electron chi connectivity index (χ3n) is 6.63. The van der Waals surface area contributed by atoms with Crippen molar-refractivity contribution in [1.82, 2.24) is 5.32 Å². The van der Waals surface area contributed by atoms with E-state index in [2.05, 4.69) is 57.3 Å². The van der Waals surface area contributed by atoms with E-state index in [0.29, 0.717) is 6.42 Å². The Morgan fingerprint density at radius 1 is 0.722 bits per heavy atom. The van der Waals surface area contributed by atoms with Gasteiger partial charge in [0.2, 0.25) is 5.91 Å². The van der Waals surface area contributed by atoms with Crippen LogP contribution in [0.1, 0.15) is 144 Å². The number of nitrogens with one attached hydrogen (secondary N) is 1. The molecule has 208 valence electrons. The number of aliphatic hydroxyl groups excluding tert-OH is 1. The fourth-order valence-electron chi connectivity index (χ4n) is 4.26. The van der Waals surface area contributed by atoms with Crippen molar-refractivity contribution in [2.45, 2.75) is 150 Å². The van der Waals surface area contributed by atoms with Crippen LogP contribution < -0.4 is 5.32 Å². The zero-order valence-electron chi connectivity index (χ0n) is 24.5. The molecule has 3 heteroatoms. The fourth-order valence-corrected chi connectivity index (χ4v) is 4.26. The Morgan fingerprint density at radius 3 is 1.86 bits per heavy atom. The molecule has 2 N–H and O–H groups in total. The number of carbonyl (C=O) groups excluding carboxylic acids is 1. The molecule has 0 rings (SSSR count). The number of hydrogen-bond donors (Lipinski definition) is 2. The molecule has 0 saturated heterocycles. The zero-order valence-corrected chi connectivity index (χ0v) is 24.5. The van der Waals surface area contributed by atoms with Gasteiger partial charge in [0.1, 0.15) is 0 Å². The molecule has 0 heterocycles. The normalized spacial score (nSPS) is 13.3. The third-order valence-corrected chi connectivity index (χ3v) is 6.63. The summed E-state index contributed by atoms with van der Waals surface area (Å²) in [6.45, 7) is 10.7. The highest BCUT2D eigenvalue weighted by atomic mass is 16.3. The van der Waals surface area contributed by atoms with Crippen LogP contribution in [0.3, 0.4) is 0 Å². The van der Waals surface area contributed by atoms with Crippen molar-refractivity contribution < 1.29 is 9.90 Å². The molecule has 36 heavy (non-hydrogen) atoms. The molecule has 3 nitrogen and oxygen atoms in total. The molecule has 0 aliphatic carbocycles. The van der Waals surface area contributed by atoms with Crippen molar-refractivity contribution in [3.05, 3.63) is 47.1 Å². The average Bonchev–Trinajstić information content (AvgIpc) is 2.83. The number of amides is 1. The van der Waals surface area contributed by atoms with Crippen LogP contribution >= 0.6 is 0 Å². The first-order chi connectivity index (χ1) is 17.4. The summed E-state index contributed by atoms with van der Waals surface area (Å²) in [6, 6.07) is -0.215. The largest absolute Gasteiger partial charge is 0.394 e. The maximum atomic E-state index is 12.3. The van der Waals surface area contributed by atoms with Gasteiger partial charge in [0.05, 0.1) is 12.6 Å². The quantitative estimate of drug-likeness (QED) is 0.0831. The Morgan fingerprint density at radius 2 is 1.28 bits per heavy atom. The summed E-state index contributed by atoms with van der Waals surface area (Å²) in [5, 5.41) is 12.6. The summed E-state index contributed by atoms with van der Waals surface area (Å²) in [4.78, 5) is 12.3. The van der Waals surface area contributed by atoms with E-state index in [4.69, 9.17) is 0 Å². The predicted molar refractivity (Wildman–Crippen MR) is 159 cm³/mol. The maximum Gasteiger partial charge on any atom is 0.244 e. The van der Waals surface area contributed by atoms with Gasteiger partial charge in [-0.05, 0) is 72.6 Å². The highest BCUT2D eigenvalue weighted by molar-refractivity contribution is 5.88. The van der Waals surface area contributed by atoms with Crippen LogP contribution in [0.25, 0.3) is 0 Å². The van der Waals surface area contributed by atoms with Gasteiger partial charge in [-0.1, -0.05) is 112 Å². The van der Waals surface area contributed by atoms with Gasteiger partial charge in [-0.25, -0.2) is 0 Å². The topological polar surface area (TPSA) is 49.3 Å². The zero-order chi connectivity index (χ0) is 26.9. The first-order valence-corrected chi connectivity index (χ1v) is 14.9. The van der Waals surface area contributed by atoms with E-state index in [1.807, 2.05) is 6.92 Å². The summed E-state index contributed by atoms with van der Waals surface area (Å²) < 4.78 is 0. The van der Waals surface area contributed by atoms with Crippen molar-refractivity contribution in [3.63, 3.8) is 0 Å². The number of carbonyl (C=O) groups is 1. The fraction of sp³-hybridized carbons (Fsp3) is 0.727. The molecule has 0 aromatic rings. The van der Waals surface area contributed by atoms with E-state index in [0.717, 1.165) is 37.7 Å². The number of rotatable bonds is 23. The van der Waals surface area contributed by atoms with Crippen molar-refractivity contribution in [1.29, 1.82) is 0 Å². The lowest BCUT2D eigenvalue weighted by Gasteiger charge is -2.13. The first kappa shape index (κ1) is 34.4. The third kappa shape index (κ3) is 24.1. The lowest BCUT2D eigenvalue weighted by Crippen LogP contribution is -2.36. The predicted octanol–water partition coefficient (Wildman–Crippen LogP) is 9.53. The minimum atomic E-state index is -0.215. The van der Waals surface area contributed by atoms with Crippen LogP contribution in [-0.2, 0) is 4.79 Å². The van der Waals surface area contributed by atoms with E-state index < -0.39 is 0 Å². The molecule has 0 aliphatic heterocycles. The summed E-state index contributed by atoms with van der Waals surface area (Å²) in [6.07, 6.45) is 31.4. The SMILES string of the molecule is CCCCCCCCCCCCC/C=C/CC(CO)NC(=O)/C=C(\C)CC/C=C(\C)CCC=C(C)C. The van der Waals surface area contributed by atoms with E-state index in [1.54, 1.807) is 6.08 Å². The van der Waals surface area contributed by atoms with Gasteiger partial charge < -0.3 is 10.4 Å². The molecule has 0 aromatic heterocycles. The summed E-state index contributed by atoms with van der Waals surface area (Å²) in [5.74, 6) is -0.102. The molecule has 0 radical (unpaired) electrons. The second-order valence-electron chi connectivity index (χ2n) is 10.8. The molecule has 1 atom stereocenters. The van der Waals surface area contributed by atoms with E-state index >= 15 is 0 Å². The average molecular weight is 502 g/mol. The monoisotopic (exact) mass is 501 g/mol. The van der Waals surface area contributed by atoms with Gasteiger partial charge in [-0.2, -0.15) is 0 Å². The molecule has 1 unspecified atom stereocenters. The van der Waals surface area contributed by atoms with Gasteiger partial charge >= 0.3 is 0 Å². The summed E-state index contributed by atoms with van der Waals surface area (Å²) in [7, 11) is 0. The number of hydrogen-bond acceptors (Lipinski definition) is 2. The van der Waals surface area contributed by atoms with Gasteiger partial charge in [0.15, 0.2) is 0 Å². The maximum absolute atomic E-state index is 12.3. The minimum Gasteiger partial charge on any atom is -0.394 e. The van der Waals surface area contributed by atoms with E-state index in [9.17, 15) is 9.90 Å². The summed E-state index contributed by atoms with van der Waals surface area (Å²) in [5.41, 5.74) is 3.85. The second kappa shape index (κ2) is 25.1. The van der Waals surface area contributed by atoms with Gasteiger partial charge in [-0.3, -0.25) is 4.79 Å². The molecule has 0 fully saturated rings. The molecule has 0 saturated carbocycles. The molecule has 0 aliphatic rings. The molecule has 0 spiro atoms. The smallest absolute Gasteiger partial charge is 0.244 e. The first-order valence-electron chi connectivity index (χ1n) is 14.9. The Kier molecular flexibility index (Phi) is 23.9. The summed E-state index contributed by atoms with van der Waals surface area (Å²) >= 11 is 0. The highest BCUT2D eigenvalue weighted by Gasteiger charge is 2.08. The Balaban J connectivity index is 3.94. The minimum absolute atomic E-state index is 0.0327. The van der Waals surface area contributed by atoms with Crippen molar-refractivity contribution >= 4 is 5.91 Å². The molecule has 1 amide bonds. The van der Waals surface area contributed by atoms with Crippen molar-refractivity contribution in [3.8, 4) is 0 Å². The van der Waals surface area contributed by atoms with Crippen LogP contribution in [0, 0.1) is 0 Å². The number of unbranched alkanes of at least 4 members (excludes halogenated alkanes) is 11. The van der Waals surface area contributed by atoms with Crippen molar-refractivity contribution in [2.24, 2.45) is 0 Å². The van der Waals surface area contributed by atoms with Crippen LogP contribution in [-0.4, -0.2) is 23.7 Å².